The van der Waals surface area contributed by atoms with E-state index < -0.39 is 0 Å². The maximum absolute atomic E-state index is 6.03. The Hall–Kier alpha value is -1.98. The van der Waals surface area contributed by atoms with E-state index in [2.05, 4.69) is 21.4 Å². The summed E-state index contributed by atoms with van der Waals surface area (Å²) in [6.45, 7) is 0. The molecule has 0 saturated carbocycles. The first kappa shape index (κ1) is 12.1. The van der Waals surface area contributed by atoms with Crippen LogP contribution in [0, 0.1) is 0 Å². The Morgan fingerprint density at radius 1 is 1.32 bits per heavy atom. The number of hydrogen-bond acceptors (Lipinski definition) is 5. The highest BCUT2D eigenvalue weighted by Crippen LogP contribution is 2.28. The quantitative estimate of drug-likeness (QED) is 0.768. The molecule has 0 radical (unpaired) electrons. The first-order chi connectivity index (χ1) is 9.29. The van der Waals surface area contributed by atoms with Crippen LogP contribution in [0.1, 0.15) is 17.2 Å². The molecule has 19 heavy (non-hydrogen) atoms. The molecule has 1 atom stereocenters. The third-order valence-corrected chi connectivity index (χ3v) is 4.00. The lowest BCUT2D eigenvalue weighted by molar-refractivity contribution is 0.689. The number of nitrogens with two attached hydrogens (primary N) is 1. The number of pyridine rings is 2. The number of nitrogen functional groups attached to an aromatic ring is 1. The summed E-state index contributed by atoms with van der Waals surface area (Å²) < 4.78 is 1.18. The summed E-state index contributed by atoms with van der Waals surface area (Å²) in [6, 6.07) is 6.00. The van der Waals surface area contributed by atoms with E-state index in [1.807, 2.05) is 30.8 Å². The molecule has 3 heterocycles. The number of fused-ring (bicyclic) bond motifs is 1. The van der Waals surface area contributed by atoms with Crippen molar-refractivity contribution < 1.29 is 0 Å². The zero-order valence-electron chi connectivity index (χ0n) is 10.5. The zero-order chi connectivity index (χ0) is 13.2. The van der Waals surface area contributed by atoms with Crippen LogP contribution in [0.3, 0.4) is 0 Å². The van der Waals surface area contributed by atoms with Crippen molar-refractivity contribution in [2.24, 2.45) is 0 Å². The molecule has 0 fully saturated rings. The van der Waals surface area contributed by atoms with Gasteiger partial charge in [0.2, 0.25) is 0 Å². The van der Waals surface area contributed by atoms with E-state index in [-0.39, 0.29) is 6.04 Å². The summed E-state index contributed by atoms with van der Waals surface area (Å²) in [5.74, 6) is 0. The van der Waals surface area contributed by atoms with Crippen LogP contribution in [0.5, 0.6) is 0 Å². The maximum atomic E-state index is 6.03. The standard InChI is InChI=1S/C14H14N4S/c1-16-14(10-8-17-4-2-11(10)15)9-6-13-12(18-7-9)3-5-19-13/h2-8,14,16H,1H3,(H2,15,17). The molecule has 3 N–H and O–H groups in total. The molecule has 0 aliphatic heterocycles. The van der Waals surface area contributed by atoms with Gasteiger partial charge >= 0.3 is 0 Å². The van der Waals surface area contributed by atoms with Gasteiger partial charge in [0.15, 0.2) is 0 Å². The van der Waals surface area contributed by atoms with Crippen molar-refractivity contribution in [3.8, 4) is 0 Å². The van der Waals surface area contributed by atoms with Crippen molar-refractivity contribution in [2.45, 2.75) is 6.04 Å². The number of rotatable bonds is 3. The molecular weight excluding hydrogens is 256 g/mol. The van der Waals surface area contributed by atoms with Crippen LogP contribution in [0.15, 0.2) is 42.2 Å². The fourth-order valence-corrected chi connectivity index (χ4v) is 2.97. The third kappa shape index (κ3) is 2.18. The summed E-state index contributed by atoms with van der Waals surface area (Å²) in [6.07, 6.45) is 5.39. The Labute approximate surface area is 115 Å². The molecule has 5 heteroatoms. The molecule has 3 aromatic heterocycles. The molecule has 4 nitrogen and oxygen atoms in total. The average Bonchev–Trinajstić information content (AvgIpc) is 2.89. The van der Waals surface area contributed by atoms with Gasteiger partial charge in [-0.2, -0.15) is 0 Å². The number of anilines is 1. The Morgan fingerprint density at radius 3 is 3.00 bits per heavy atom. The lowest BCUT2D eigenvalue weighted by Crippen LogP contribution is -2.19. The highest BCUT2D eigenvalue weighted by Gasteiger charge is 2.16. The fraction of sp³-hybridized carbons (Fsp3) is 0.143. The molecule has 3 aromatic rings. The van der Waals surface area contributed by atoms with E-state index >= 15 is 0 Å². The summed E-state index contributed by atoms with van der Waals surface area (Å²) in [5, 5.41) is 5.33. The van der Waals surface area contributed by atoms with Crippen LogP contribution in [0.4, 0.5) is 5.69 Å². The smallest absolute Gasteiger partial charge is 0.0809 e. The number of hydrogen-bond donors (Lipinski definition) is 2. The van der Waals surface area contributed by atoms with Crippen molar-refractivity contribution in [3.63, 3.8) is 0 Å². The molecular formula is C14H14N4S. The van der Waals surface area contributed by atoms with Crippen LogP contribution in [-0.4, -0.2) is 17.0 Å². The second-order valence-electron chi connectivity index (χ2n) is 4.30. The molecule has 3 rings (SSSR count). The summed E-state index contributed by atoms with van der Waals surface area (Å²) in [5.41, 5.74) is 9.87. The first-order valence-electron chi connectivity index (χ1n) is 5.99. The highest BCUT2D eigenvalue weighted by molar-refractivity contribution is 7.17. The van der Waals surface area contributed by atoms with Gasteiger partial charge in [-0.3, -0.25) is 9.97 Å². The molecule has 0 spiro atoms. The molecule has 1 unspecified atom stereocenters. The van der Waals surface area contributed by atoms with Gasteiger partial charge in [-0.1, -0.05) is 0 Å². The highest BCUT2D eigenvalue weighted by atomic mass is 32.1. The Morgan fingerprint density at radius 2 is 2.21 bits per heavy atom. The summed E-state index contributed by atoms with van der Waals surface area (Å²) in [4.78, 5) is 8.63. The number of aromatic nitrogens is 2. The van der Waals surface area contributed by atoms with Crippen molar-refractivity contribution >= 4 is 27.2 Å². The predicted octanol–water partition coefficient (Wildman–Crippen LogP) is 2.58. The van der Waals surface area contributed by atoms with E-state index in [4.69, 9.17) is 5.73 Å². The number of nitrogens with zero attached hydrogens (tertiary/aromatic N) is 2. The monoisotopic (exact) mass is 270 g/mol. The van der Waals surface area contributed by atoms with Crippen LogP contribution < -0.4 is 11.1 Å². The molecule has 0 bridgehead atoms. The summed E-state index contributed by atoms with van der Waals surface area (Å²) >= 11 is 1.69. The largest absolute Gasteiger partial charge is 0.398 e. The minimum Gasteiger partial charge on any atom is -0.398 e. The number of nitrogens with one attached hydrogen (secondary N) is 1. The van der Waals surface area contributed by atoms with Crippen molar-refractivity contribution in [3.05, 3.63) is 53.3 Å². The molecule has 0 aliphatic rings. The predicted molar refractivity (Wildman–Crippen MR) is 79.2 cm³/mol. The van der Waals surface area contributed by atoms with Crippen molar-refractivity contribution in [1.29, 1.82) is 0 Å². The Bertz CT molecular complexity index is 707. The van der Waals surface area contributed by atoms with Crippen molar-refractivity contribution in [1.82, 2.24) is 15.3 Å². The van der Waals surface area contributed by atoms with Gasteiger partial charge in [0.05, 0.1) is 16.3 Å². The van der Waals surface area contributed by atoms with Gasteiger partial charge in [-0.25, -0.2) is 0 Å². The summed E-state index contributed by atoms with van der Waals surface area (Å²) in [7, 11) is 1.91. The van der Waals surface area contributed by atoms with Crippen LogP contribution in [-0.2, 0) is 0 Å². The maximum Gasteiger partial charge on any atom is 0.0809 e. The average molecular weight is 270 g/mol. The van der Waals surface area contributed by atoms with Gasteiger partial charge in [-0.05, 0) is 36.2 Å². The normalized spacial score (nSPS) is 12.7. The van der Waals surface area contributed by atoms with Crippen LogP contribution >= 0.6 is 11.3 Å². The minimum absolute atomic E-state index is 0.00713. The van der Waals surface area contributed by atoms with Gasteiger partial charge < -0.3 is 11.1 Å². The fourth-order valence-electron chi connectivity index (χ4n) is 2.18. The van der Waals surface area contributed by atoms with Gasteiger partial charge in [-0.15, -0.1) is 11.3 Å². The second-order valence-corrected chi connectivity index (χ2v) is 5.25. The van der Waals surface area contributed by atoms with E-state index in [1.54, 1.807) is 23.7 Å². The zero-order valence-corrected chi connectivity index (χ0v) is 11.3. The topological polar surface area (TPSA) is 63.8 Å². The molecule has 0 aliphatic carbocycles. The van der Waals surface area contributed by atoms with Crippen LogP contribution in [0.2, 0.25) is 0 Å². The van der Waals surface area contributed by atoms with Crippen LogP contribution in [0.25, 0.3) is 10.2 Å². The SMILES string of the molecule is CNC(c1cnc2ccsc2c1)c1cnccc1N. The molecule has 0 aromatic carbocycles. The first-order valence-corrected chi connectivity index (χ1v) is 6.87. The molecule has 96 valence electrons. The van der Waals surface area contributed by atoms with E-state index in [9.17, 15) is 0 Å². The van der Waals surface area contributed by atoms with E-state index in [0.29, 0.717) is 0 Å². The lowest BCUT2D eigenvalue weighted by atomic mass is 10.0. The second kappa shape index (κ2) is 4.95. The Balaban J connectivity index is 2.09. The number of thiophene rings is 1. The molecule has 0 saturated heterocycles. The third-order valence-electron chi connectivity index (χ3n) is 3.14. The minimum atomic E-state index is 0.00713. The van der Waals surface area contributed by atoms with Crippen molar-refractivity contribution in [2.75, 3.05) is 12.8 Å². The Kier molecular flexibility index (Phi) is 3.15. The van der Waals surface area contributed by atoms with Gasteiger partial charge in [0.25, 0.3) is 0 Å². The molecule has 0 amide bonds. The van der Waals surface area contributed by atoms with E-state index in [1.165, 1.54) is 4.70 Å². The lowest BCUT2D eigenvalue weighted by Gasteiger charge is -2.18. The van der Waals surface area contributed by atoms with Gasteiger partial charge in [0, 0.05) is 29.8 Å². The van der Waals surface area contributed by atoms with E-state index in [0.717, 1.165) is 22.3 Å². The van der Waals surface area contributed by atoms with Gasteiger partial charge in [0.1, 0.15) is 0 Å².